The van der Waals surface area contributed by atoms with Crippen molar-refractivity contribution >= 4 is 23.0 Å². The average Bonchev–Trinajstić information content (AvgIpc) is 3.34. The minimum atomic E-state index is -0.418. The number of para-hydroxylation sites is 2. The fraction of sp³-hybridized carbons (Fsp3) is 0.150. The highest BCUT2D eigenvalue weighted by molar-refractivity contribution is 5.87. The summed E-state index contributed by atoms with van der Waals surface area (Å²) in [6.45, 7) is 2.71. The third-order valence-electron chi connectivity index (χ3n) is 4.10. The number of nitrogens with zero attached hydrogens (tertiary/aromatic N) is 3. The summed E-state index contributed by atoms with van der Waals surface area (Å²) in [6.07, 6.45) is 1.75. The zero-order chi connectivity index (χ0) is 18.6. The Hall–Kier alpha value is -3.61. The molecule has 4 rings (SSSR count). The lowest BCUT2D eigenvalue weighted by Gasteiger charge is -2.06. The second-order valence-electron chi connectivity index (χ2n) is 5.99. The van der Waals surface area contributed by atoms with Crippen LogP contribution in [0.1, 0.15) is 23.0 Å². The number of nitrogens with one attached hydrogen (secondary N) is 2. The smallest absolute Gasteiger partial charge is 0.358 e. The number of benzene rings is 2. The van der Waals surface area contributed by atoms with Gasteiger partial charge in [0.25, 0.3) is 0 Å². The van der Waals surface area contributed by atoms with Crippen LogP contribution in [0.25, 0.3) is 16.7 Å². The molecule has 0 aliphatic rings. The van der Waals surface area contributed by atoms with Gasteiger partial charge in [-0.05, 0) is 42.8 Å². The number of aromatic amines is 1. The van der Waals surface area contributed by atoms with E-state index in [1.165, 1.54) is 0 Å². The molecule has 0 spiro atoms. The molecule has 0 radical (unpaired) electrons. The van der Waals surface area contributed by atoms with Gasteiger partial charge in [-0.2, -0.15) is 5.10 Å². The molecule has 0 aliphatic carbocycles. The molecule has 2 heterocycles. The van der Waals surface area contributed by atoms with Crippen LogP contribution in [0.15, 0.2) is 60.8 Å². The van der Waals surface area contributed by atoms with E-state index in [0.717, 1.165) is 28.2 Å². The Morgan fingerprint density at radius 3 is 2.93 bits per heavy atom. The number of fused-ring (bicyclic) bond motifs is 1. The molecule has 0 unspecified atom stereocenters. The lowest BCUT2D eigenvalue weighted by molar-refractivity contribution is 0.0519. The Kier molecular flexibility index (Phi) is 4.57. The van der Waals surface area contributed by atoms with Gasteiger partial charge in [-0.25, -0.2) is 14.5 Å². The Morgan fingerprint density at radius 1 is 1.19 bits per heavy atom. The number of rotatable bonds is 6. The number of H-pyrrole nitrogens is 1. The predicted molar refractivity (Wildman–Crippen MR) is 103 cm³/mol. The number of carbonyl (C=O) groups is 1. The van der Waals surface area contributed by atoms with Crippen LogP contribution in [0.4, 0.5) is 5.95 Å². The van der Waals surface area contributed by atoms with Crippen LogP contribution < -0.4 is 5.32 Å². The lowest BCUT2D eigenvalue weighted by atomic mass is 10.2. The van der Waals surface area contributed by atoms with Crippen molar-refractivity contribution < 1.29 is 9.53 Å². The molecule has 0 bridgehead atoms. The van der Waals surface area contributed by atoms with Gasteiger partial charge in [0, 0.05) is 12.7 Å². The van der Waals surface area contributed by atoms with E-state index in [4.69, 9.17) is 4.74 Å². The van der Waals surface area contributed by atoms with E-state index in [1.807, 2.05) is 48.5 Å². The van der Waals surface area contributed by atoms with Gasteiger partial charge in [-0.15, -0.1) is 0 Å². The van der Waals surface area contributed by atoms with Crippen LogP contribution in [0.5, 0.6) is 0 Å². The summed E-state index contributed by atoms with van der Waals surface area (Å²) in [5, 5.41) is 7.59. The van der Waals surface area contributed by atoms with Gasteiger partial charge in [0.1, 0.15) is 0 Å². The molecular formula is C20H19N5O2. The minimum absolute atomic E-state index is 0.294. The molecule has 7 heteroatoms. The summed E-state index contributed by atoms with van der Waals surface area (Å²) < 4.78 is 6.64. The molecule has 2 aromatic carbocycles. The second-order valence-corrected chi connectivity index (χ2v) is 5.99. The van der Waals surface area contributed by atoms with Crippen molar-refractivity contribution in [2.24, 2.45) is 0 Å². The Balaban J connectivity index is 1.48. The number of carbonyl (C=O) groups excluding carboxylic acids is 1. The summed E-state index contributed by atoms with van der Waals surface area (Å²) >= 11 is 0. The largest absolute Gasteiger partial charge is 0.461 e. The highest BCUT2D eigenvalue weighted by Crippen LogP contribution is 2.15. The van der Waals surface area contributed by atoms with Crippen LogP contribution in [-0.2, 0) is 11.3 Å². The number of esters is 1. The number of hydrogen-bond acceptors (Lipinski definition) is 5. The molecule has 0 fully saturated rings. The van der Waals surface area contributed by atoms with Gasteiger partial charge < -0.3 is 15.0 Å². The van der Waals surface area contributed by atoms with Crippen LogP contribution in [0, 0.1) is 0 Å². The third kappa shape index (κ3) is 3.67. The first-order valence-electron chi connectivity index (χ1n) is 8.73. The van der Waals surface area contributed by atoms with E-state index in [2.05, 4.69) is 20.4 Å². The Labute approximate surface area is 156 Å². The summed E-state index contributed by atoms with van der Waals surface area (Å²) in [5.41, 5.74) is 4.16. The zero-order valence-electron chi connectivity index (χ0n) is 14.8. The van der Waals surface area contributed by atoms with Crippen molar-refractivity contribution in [1.29, 1.82) is 0 Å². The first-order chi connectivity index (χ1) is 13.2. The quantitative estimate of drug-likeness (QED) is 0.513. The maximum absolute atomic E-state index is 11.8. The average molecular weight is 361 g/mol. The molecular weight excluding hydrogens is 342 g/mol. The highest BCUT2D eigenvalue weighted by Gasteiger charge is 2.11. The molecule has 2 aromatic heterocycles. The molecule has 27 heavy (non-hydrogen) atoms. The number of hydrogen-bond donors (Lipinski definition) is 2. The van der Waals surface area contributed by atoms with Gasteiger partial charge in [-0.1, -0.05) is 24.3 Å². The van der Waals surface area contributed by atoms with Crippen molar-refractivity contribution in [1.82, 2.24) is 19.7 Å². The zero-order valence-corrected chi connectivity index (χ0v) is 14.8. The van der Waals surface area contributed by atoms with Gasteiger partial charge in [0.15, 0.2) is 5.69 Å². The molecule has 0 atom stereocenters. The van der Waals surface area contributed by atoms with Gasteiger partial charge >= 0.3 is 5.97 Å². The third-order valence-corrected chi connectivity index (χ3v) is 4.10. The standard InChI is InChI=1S/C20H19N5O2/c1-2-27-19(26)18-10-11-25(24-18)15-7-5-6-14(12-15)13-21-20-22-16-8-3-4-9-17(16)23-20/h3-12H,2,13H2,1H3,(H2,21,22,23). The number of anilines is 1. The van der Waals surface area contributed by atoms with Crippen molar-refractivity contribution in [3.63, 3.8) is 0 Å². The molecule has 2 N–H and O–H groups in total. The molecule has 0 saturated heterocycles. The number of imidazole rings is 1. The number of aromatic nitrogens is 4. The first-order valence-corrected chi connectivity index (χ1v) is 8.73. The number of ether oxygens (including phenoxy) is 1. The molecule has 0 amide bonds. The maximum atomic E-state index is 11.8. The van der Waals surface area contributed by atoms with E-state index in [9.17, 15) is 4.79 Å². The Morgan fingerprint density at radius 2 is 2.07 bits per heavy atom. The summed E-state index contributed by atoms with van der Waals surface area (Å²) in [5.74, 6) is 0.309. The molecule has 136 valence electrons. The van der Waals surface area contributed by atoms with Crippen LogP contribution in [0.3, 0.4) is 0 Å². The summed E-state index contributed by atoms with van der Waals surface area (Å²) in [7, 11) is 0. The molecule has 7 nitrogen and oxygen atoms in total. The van der Waals surface area contributed by atoms with Gasteiger partial charge in [0.05, 0.1) is 23.3 Å². The topological polar surface area (TPSA) is 84.8 Å². The Bertz CT molecular complexity index is 1050. The van der Waals surface area contributed by atoms with Crippen molar-refractivity contribution in [3.8, 4) is 5.69 Å². The van der Waals surface area contributed by atoms with Gasteiger partial charge in [-0.3, -0.25) is 0 Å². The van der Waals surface area contributed by atoms with E-state index in [0.29, 0.717) is 18.8 Å². The molecule has 4 aromatic rings. The van der Waals surface area contributed by atoms with E-state index in [1.54, 1.807) is 23.9 Å². The van der Waals surface area contributed by atoms with Crippen molar-refractivity contribution in [2.75, 3.05) is 11.9 Å². The van der Waals surface area contributed by atoms with Gasteiger partial charge in [0.2, 0.25) is 5.95 Å². The molecule has 0 saturated carbocycles. The van der Waals surface area contributed by atoms with Crippen molar-refractivity contribution in [3.05, 3.63) is 72.1 Å². The summed E-state index contributed by atoms with van der Waals surface area (Å²) in [4.78, 5) is 19.5. The van der Waals surface area contributed by atoms with Crippen LogP contribution in [-0.4, -0.2) is 32.3 Å². The second kappa shape index (κ2) is 7.33. The SMILES string of the molecule is CCOC(=O)c1ccn(-c2cccc(CNc3nc4ccccc4[nH]3)c2)n1. The van der Waals surface area contributed by atoms with Crippen molar-refractivity contribution in [2.45, 2.75) is 13.5 Å². The predicted octanol–water partition coefficient (Wildman–Crippen LogP) is 3.54. The van der Waals surface area contributed by atoms with Crippen LogP contribution in [0.2, 0.25) is 0 Å². The fourth-order valence-corrected chi connectivity index (χ4v) is 2.81. The minimum Gasteiger partial charge on any atom is -0.461 e. The van der Waals surface area contributed by atoms with Crippen LogP contribution >= 0.6 is 0 Å². The van der Waals surface area contributed by atoms with E-state index in [-0.39, 0.29) is 0 Å². The van der Waals surface area contributed by atoms with E-state index < -0.39 is 5.97 Å². The maximum Gasteiger partial charge on any atom is 0.358 e. The normalized spacial score (nSPS) is 10.9. The lowest BCUT2D eigenvalue weighted by Crippen LogP contribution is -2.07. The molecule has 0 aliphatic heterocycles. The fourth-order valence-electron chi connectivity index (χ4n) is 2.81. The summed E-state index contributed by atoms with van der Waals surface area (Å²) in [6, 6.07) is 17.5. The van der Waals surface area contributed by atoms with E-state index >= 15 is 0 Å². The highest BCUT2D eigenvalue weighted by atomic mass is 16.5. The monoisotopic (exact) mass is 361 g/mol. The first kappa shape index (κ1) is 16.8.